The van der Waals surface area contributed by atoms with E-state index >= 15 is 0 Å². The van der Waals surface area contributed by atoms with Crippen LogP contribution in [-0.2, 0) is 4.79 Å². The standard InChI is InChI=1S/C16H20BrN3O3S/c1-23-13-8-7-11(17)9-12(13)15(22)18-16(24)20-19-14(21)10-5-3-2-4-6-10/h7-10H,2-6H2,1H3,(H,19,21)(H2,18,20,22,24). The second-order valence-electron chi connectivity index (χ2n) is 5.58. The number of carbonyl (C=O) groups excluding carboxylic acids is 2. The molecule has 0 saturated heterocycles. The topological polar surface area (TPSA) is 79.5 Å². The summed E-state index contributed by atoms with van der Waals surface area (Å²) in [4.78, 5) is 24.3. The molecule has 0 heterocycles. The Labute approximate surface area is 154 Å². The second-order valence-corrected chi connectivity index (χ2v) is 6.90. The van der Waals surface area contributed by atoms with Gasteiger partial charge >= 0.3 is 0 Å². The second kappa shape index (κ2) is 8.98. The Morgan fingerprint density at radius 3 is 2.58 bits per heavy atom. The predicted octanol–water partition coefficient (Wildman–Crippen LogP) is 2.67. The maximum absolute atomic E-state index is 12.3. The highest BCUT2D eigenvalue weighted by Gasteiger charge is 2.21. The molecule has 6 nitrogen and oxygen atoms in total. The summed E-state index contributed by atoms with van der Waals surface area (Å²) in [5.74, 6) is -0.0661. The Hall–Kier alpha value is -1.67. The van der Waals surface area contributed by atoms with E-state index in [1.54, 1.807) is 18.2 Å². The maximum Gasteiger partial charge on any atom is 0.261 e. The third kappa shape index (κ3) is 5.17. The molecule has 1 fully saturated rings. The summed E-state index contributed by atoms with van der Waals surface area (Å²) in [5.41, 5.74) is 5.49. The summed E-state index contributed by atoms with van der Waals surface area (Å²) in [7, 11) is 1.49. The number of halogens is 1. The van der Waals surface area contributed by atoms with E-state index in [2.05, 4.69) is 32.1 Å². The molecule has 1 saturated carbocycles. The van der Waals surface area contributed by atoms with Crippen LogP contribution in [0.2, 0.25) is 0 Å². The molecule has 3 N–H and O–H groups in total. The van der Waals surface area contributed by atoms with Gasteiger partial charge in [-0.05, 0) is 43.3 Å². The monoisotopic (exact) mass is 413 g/mol. The molecule has 0 aromatic heterocycles. The van der Waals surface area contributed by atoms with Crippen LogP contribution in [0.15, 0.2) is 22.7 Å². The van der Waals surface area contributed by atoms with E-state index in [0.29, 0.717) is 11.3 Å². The molecule has 0 spiro atoms. The molecule has 8 heteroatoms. The van der Waals surface area contributed by atoms with Crippen LogP contribution < -0.4 is 20.9 Å². The molecule has 2 amide bonds. The molecular weight excluding hydrogens is 394 g/mol. The molecule has 130 valence electrons. The van der Waals surface area contributed by atoms with Crippen LogP contribution in [0.5, 0.6) is 5.75 Å². The quantitative estimate of drug-likeness (QED) is 0.524. The molecule has 0 radical (unpaired) electrons. The SMILES string of the molecule is COc1ccc(Br)cc1C(=O)NC(=S)NNC(=O)C1CCCCC1. The third-order valence-electron chi connectivity index (χ3n) is 3.91. The zero-order valence-corrected chi connectivity index (χ0v) is 15.8. The van der Waals surface area contributed by atoms with Crippen LogP contribution in [0.4, 0.5) is 0 Å². The summed E-state index contributed by atoms with van der Waals surface area (Å²) in [6.07, 6.45) is 5.10. The fourth-order valence-corrected chi connectivity index (χ4v) is 3.15. The van der Waals surface area contributed by atoms with Gasteiger partial charge in [0.15, 0.2) is 5.11 Å². The lowest BCUT2D eigenvalue weighted by Crippen LogP contribution is -2.50. The van der Waals surface area contributed by atoms with E-state index in [4.69, 9.17) is 17.0 Å². The molecule has 2 rings (SSSR count). The molecule has 24 heavy (non-hydrogen) atoms. The first-order valence-electron chi connectivity index (χ1n) is 7.76. The lowest BCUT2D eigenvalue weighted by atomic mass is 9.89. The lowest BCUT2D eigenvalue weighted by molar-refractivity contribution is -0.126. The molecule has 1 aliphatic rings. The van der Waals surface area contributed by atoms with E-state index in [-0.39, 0.29) is 16.9 Å². The Kier molecular flexibility index (Phi) is 6.99. The number of rotatable bonds is 3. The van der Waals surface area contributed by atoms with Gasteiger partial charge in [-0.1, -0.05) is 35.2 Å². The molecular formula is C16H20BrN3O3S. The number of hydrogen-bond acceptors (Lipinski definition) is 4. The van der Waals surface area contributed by atoms with E-state index in [1.165, 1.54) is 13.5 Å². The molecule has 0 bridgehead atoms. The summed E-state index contributed by atoms with van der Waals surface area (Å²) in [6, 6.07) is 5.09. The number of amides is 2. The van der Waals surface area contributed by atoms with E-state index in [9.17, 15) is 9.59 Å². The maximum atomic E-state index is 12.3. The number of ether oxygens (including phenoxy) is 1. The number of thiocarbonyl (C=S) groups is 1. The van der Waals surface area contributed by atoms with Crippen LogP contribution >= 0.6 is 28.1 Å². The minimum Gasteiger partial charge on any atom is -0.496 e. The zero-order chi connectivity index (χ0) is 17.5. The average Bonchev–Trinajstić information content (AvgIpc) is 2.60. The van der Waals surface area contributed by atoms with Gasteiger partial charge in [-0.2, -0.15) is 0 Å². The van der Waals surface area contributed by atoms with Crippen molar-refractivity contribution < 1.29 is 14.3 Å². The predicted molar refractivity (Wildman–Crippen MR) is 98.6 cm³/mol. The summed E-state index contributed by atoms with van der Waals surface area (Å²) >= 11 is 8.36. The first-order valence-corrected chi connectivity index (χ1v) is 8.96. The van der Waals surface area contributed by atoms with Gasteiger partial charge in [0.1, 0.15) is 5.75 Å². The van der Waals surface area contributed by atoms with Crippen molar-refractivity contribution in [1.29, 1.82) is 0 Å². The molecule has 1 aliphatic carbocycles. The van der Waals surface area contributed by atoms with Crippen LogP contribution in [0.1, 0.15) is 42.5 Å². The van der Waals surface area contributed by atoms with Gasteiger partial charge in [0.05, 0.1) is 12.7 Å². The highest BCUT2D eigenvalue weighted by atomic mass is 79.9. The highest BCUT2D eigenvalue weighted by molar-refractivity contribution is 9.10. The van der Waals surface area contributed by atoms with Gasteiger partial charge in [-0.15, -0.1) is 0 Å². The van der Waals surface area contributed by atoms with Gasteiger partial charge in [0.2, 0.25) is 5.91 Å². The normalized spacial score (nSPS) is 14.6. The Balaban J connectivity index is 1.86. The van der Waals surface area contributed by atoms with Crippen molar-refractivity contribution in [2.24, 2.45) is 5.92 Å². The third-order valence-corrected chi connectivity index (χ3v) is 4.61. The molecule has 1 aromatic carbocycles. The Morgan fingerprint density at radius 1 is 1.21 bits per heavy atom. The minimum atomic E-state index is -0.419. The van der Waals surface area contributed by atoms with Crippen LogP contribution in [0.3, 0.4) is 0 Å². The first-order chi connectivity index (χ1) is 11.5. The minimum absolute atomic E-state index is 0.00919. The highest BCUT2D eigenvalue weighted by Crippen LogP contribution is 2.24. The summed E-state index contributed by atoms with van der Waals surface area (Å²) in [5, 5.41) is 2.56. The van der Waals surface area contributed by atoms with E-state index in [1.807, 2.05) is 0 Å². The number of methoxy groups -OCH3 is 1. The van der Waals surface area contributed by atoms with Crippen LogP contribution in [0, 0.1) is 5.92 Å². The van der Waals surface area contributed by atoms with E-state index < -0.39 is 5.91 Å². The zero-order valence-electron chi connectivity index (χ0n) is 13.4. The summed E-state index contributed by atoms with van der Waals surface area (Å²) in [6.45, 7) is 0. The van der Waals surface area contributed by atoms with E-state index in [0.717, 1.165) is 30.2 Å². The number of hydrazine groups is 1. The van der Waals surface area contributed by atoms with Crippen molar-refractivity contribution in [2.45, 2.75) is 32.1 Å². The number of hydrogen-bond donors (Lipinski definition) is 3. The molecule has 0 unspecified atom stereocenters. The first kappa shape index (κ1) is 18.7. The largest absolute Gasteiger partial charge is 0.496 e. The van der Waals surface area contributed by atoms with Gasteiger partial charge < -0.3 is 4.74 Å². The fourth-order valence-electron chi connectivity index (χ4n) is 2.64. The van der Waals surface area contributed by atoms with Crippen molar-refractivity contribution in [3.05, 3.63) is 28.2 Å². The average molecular weight is 414 g/mol. The molecule has 0 aliphatic heterocycles. The van der Waals surface area contributed by atoms with Crippen LogP contribution in [0.25, 0.3) is 0 Å². The van der Waals surface area contributed by atoms with Crippen molar-refractivity contribution in [1.82, 2.24) is 16.2 Å². The van der Waals surface area contributed by atoms with Crippen LogP contribution in [-0.4, -0.2) is 24.0 Å². The van der Waals surface area contributed by atoms with Crippen molar-refractivity contribution in [3.8, 4) is 5.75 Å². The fraction of sp³-hybridized carbons (Fsp3) is 0.438. The number of nitrogens with one attached hydrogen (secondary N) is 3. The van der Waals surface area contributed by atoms with Gasteiger partial charge in [-0.25, -0.2) is 0 Å². The summed E-state index contributed by atoms with van der Waals surface area (Å²) < 4.78 is 5.91. The van der Waals surface area contributed by atoms with Crippen molar-refractivity contribution in [3.63, 3.8) is 0 Å². The smallest absolute Gasteiger partial charge is 0.261 e. The molecule has 1 aromatic rings. The Morgan fingerprint density at radius 2 is 1.92 bits per heavy atom. The number of carbonyl (C=O) groups is 2. The Bertz CT molecular complexity index is 633. The van der Waals surface area contributed by atoms with Crippen molar-refractivity contribution in [2.75, 3.05) is 7.11 Å². The van der Waals surface area contributed by atoms with Gasteiger partial charge in [0.25, 0.3) is 5.91 Å². The van der Waals surface area contributed by atoms with Gasteiger partial charge in [-0.3, -0.25) is 25.8 Å². The van der Waals surface area contributed by atoms with Gasteiger partial charge in [0, 0.05) is 10.4 Å². The van der Waals surface area contributed by atoms with Crippen molar-refractivity contribution >= 4 is 45.1 Å². The number of benzene rings is 1. The lowest BCUT2D eigenvalue weighted by Gasteiger charge is -2.21. The molecule has 0 atom stereocenters.